The van der Waals surface area contributed by atoms with Gasteiger partial charge in [-0.05, 0) is 39.3 Å². The molecular weight excluding hydrogens is 218 g/mol. The average molecular weight is 243 g/mol. The molecule has 0 aliphatic carbocycles. The number of hydrogen-bond acceptors (Lipinski definition) is 4. The van der Waals surface area contributed by atoms with Gasteiger partial charge in [-0.3, -0.25) is 0 Å². The van der Waals surface area contributed by atoms with Crippen molar-refractivity contribution >= 4 is 0 Å². The van der Waals surface area contributed by atoms with E-state index in [1.54, 1.807) is 0 Å². The van der Waals surface area contributed by atoms with Gasteiger partial charge in [0, 0.05) is 6.42 Å². The number of piperidine rings is 1. The molecule has 0 bridgehead atoms. The molecule has 100 valence electrons. The summed E-state index contributed by atoms with van der Waals surface area (Å²) in [5.74, 6) is 0. The van der Waals surface area contributed by atoms with Gasteiger partial charge in [0.2, 0.25) is 0 Å². The molecule has 17 heavy (non-hydrogen) atoms. The third-order valence-corrected chi connectivity index (χ3v) is 4.08. The summed E-state index contributed by atoms with van der Waals surface area (Å²) >= 11 is 0. The van der Waals surface area contributed by atoms with Crippen molar-refractivity contribution in [3.05, 3.63) is 0 Å². The minimum atomic E-state index is -0.704. The van der Waals surface area contributed by atoms with Crippen LogP contribution in [-0.4, -0.2) is 48.7 Å². The van der Waals surface area contributed by atoms with Crippen molar-refractivity contribution in [1.29, 1.82) is 0 Å². The van der Waals surface area contributed by atoms with Crippen molar-refractivity contribution in [3.63, 3.8) is 0 Å². The smallest absolute Gasteiger partial charge is 0.0849 e. The Hall–Kier alpha value is -0.160. The summed E-state index contributed by atoms with van der Waals surface area (Å²) in [6, 6.07) is 0. The first-order chi connectivity index (χ1) is 8.05. The quantitative estimate of drug-likeness (QED) is 0.775. The van der Waals surface area contributed by atoms with Crippen molar-refractivity contribution in [2.75, 3.05) is 26.3 Å². The molecule has 0 aromatic rings. The van der Waals surface area contributed by atoms with Gasteiger partial charge in [0.25, 0.3) is 0 Å². The van der Waals surface area contributed by atoms with E-state index >= 15 is 0 Å². The summed E-state index contributed by atoms with van der Waals surface area (Å²) in [7, 11) is 0. The van der Waals surface area contributed by atoms with Crippen LogP contribution in [0.1, 0.15) is 39.5 Å². The molecule has 2 heterocycles. The topological polar surface area (TPSA) is 50.7 Å². The number of nitrogens with one attached hydrogen (secondary N) is 1. The highest BCUT2D eigenvalue weighted by molar-refractivity contribution is 4.93. The van der Waals surface area contributed by atoms with Crippen LogP contribution < -0.4 is 5.32 Å². The van der Waals surface area contributed by atoms with Gasteiger partial charge in [-0.1, -0.05) is 6.92 Å². The van der Waals surface area contributed by atoms with Crippen LogP contribution in [0.5, 0.6) is 0 Å². The van der Waals surface area contributed by atoms with Crippen LogP contribution in [0.2, 0.25) is 0 Å². The maximum absolute atomic E-state index is 9.91. The monoisotopic (exact) mass is 243 g/mol. The van der Waals surface area contributed by atoms with Crippen molar-refractivity contribution in [3.8, 4) is 0 Å². The average Bonchev–Trinajstić information content (AvgIpc) is 2.71. The van der Waals surface area contributed by atoms with Crippen LogP contribution in [0.3, 0.4) is 0 Å². The van der Waals surface area contributed by atoms with E-state index in [1.165, 1.54) is 0 Å². The van der Waals surface area contributed by atoms with Crippen LogP contribution in [0.4, 0.5) is 0 Å². The fourth-order valence-electron chi connectivity index (χ4n) is 2.54. The minimum Gasteiger partial charge on any atom is -0.388 e. The number of rotatable bonds is 4. The van der Waals surface area contributed by atoms with Gasteiger partial charge in [-0.2, -0.15) is 0 Å². The molecule has 0 saturated carbocycles. The zero-order chi connectivity index (χ0) is 12.4. The molecule has 2 fully saturated rings. The molecule has 4 nitrogen and oxygen atoms in total. The number of hydrogen-bond donors (Lipinski definition) is 2. The standard InChI is InChI=1S/C13H25NO3/c1-3-12(2,15)10-16-11-8-13(17-9-11)4-6-14-7-5-13/h11,14-15H,3-10H2,1-2H3. The first-order valence-corrected chi connectivity index (χ1v) is 6.74. The summed E-state index contributed by atoms with van der Waals surface area (Å²) in [6.45, 7) is 6.97. The van der Waals surface area contributed by atoms with E-state index in [2.05, 4.69) is 5.32 Å². The van der Waals surface area contributed by atoms with Crippen LogP contribution >= 0.6 is 0 Å². The van der Waals surface area contributed by atoms with Crippen LogP contribution in [0, 0.1) is 0 Å². The Morgan fingerprint density at radius 1 is 1.47 bits per heavy atom. The molecule has 2 aliphatic rings. The minimum absolute atomic E-state index is 0.0496. The van der Waals surface area contributed by atoms with Crippen LogP contribution in [-0.2, 0) is 9.47 Å². The molecule has 2 aliphatic heterocycles. The first kappa shape index (κ1) is 13.3. The predicted molar refractivity (Wildman–Crippen MR) is 66.1 cm³/mol. The van der Waals surface area contributed by atoms with E-state index in [0.717, 1.165) is 38.8 Å². The Balaban J connectivity index is 1.78. The van der Waals surface area contributed by atoms with Gasteiger partial charge in [-0.25, -0.2) is 0 Å². The molecular formula is C13H25NO3. The summed E-state index contributed by atoms with van der Waals surface area (Å²) < 4.78 is 11.7. The van der Waals surface area contributed by atoms with Gasteiger partial charge in [0.15, 0.2) is 0 Å². The van der Waals surface area contributed by atoms with Gasteiger partial charge >= 0.3 is 0 Å². The van der Waals surface area contributed by atoms with E-state index in [-0.39, 0.29) is 11.7 Å². The molecule has 2 rings (SSSR count). The van der Waals surface area contributed by atoms with E-state index in [0.29, 0.717) is 13.2 Å². The van der Waals surface area contributed by atoms with Crippen molar-refractivity contribution in [2.24, 2.45) is 0 Å². The molecule has 2 atom stereocenters. The molecule has 2 saturated heterocycles. The lowest BCUT2D eigenvalue weighted by Crippen LogP contribution is -2.41. The second-order valence-electron chi connectivity index (χ2n) is 5.73. The van der Waals surface area contributed by atoms with Gasteiger partial charge in [-0.15, -0.1) is 0 Å². The molecule has 0 aromatic heterocycles. The van der Waals surface area contributed by atoms with Crippen LogP contribution in [0.25, 0.3) is 0 Å². The molecule has 4 heteroatoms. The maximum Gasteiger partial charge on any atom is 0.0849 e. The van der Waals surface area contributed by atoms with Crippen LogP contribution in [0.15, 0.2) is 0 Å². The summed E-state index contributed by atoms with van der Waals surface area (Å²) in [5, 5.41) is 13.3. The zero-order valence-corrected chi connectivity index (χ0v) is 11.0. The Morgan fingerprint density at radius 2 is 2.18 bits per heavy atom. The van der Waals surface area contributed by atoms with Crippen molar-refractivity contribution in [1.82, 2.24) is 5.32 Å². The Morgan fingerprint density at radius 3 is 2.82 bits per heavy atom. The normalized spacial score (nSPS) is 31.6. The first-order valence-electron chi connectivity index (χ1n) is 6.74. The Labute approximate surface area is 104 Å². The van der Waals surface area contributed by atoms with Crippen molar-refractivity contribution in [2.45, 2.75) is 56.8 Å². The summed E-state index contributed by atoms with van der Waals surface area (Å²) in [5.41, 5.74) is -0.655. The fourth-order valence-corrected chi connectivity index (χ4v) is 2.54. The largest absolute Gasteiger partial charge is 0.388 e. The highest BCUT2D eigenvalue weighted by Crippen LogP contribution is 2.35. The molecule has 2 unspecified atom stereocenters. The fraction of sp³-hybridized carbons (Fsp3) is 1.00. The predicted octanol–water partition coefficient (Wildman–Crippen LogP) is 1.08. The third kappa shape index (κ3) is 3.41. The third-order valence-electron chi connectivity index (χ3n) is 4.08. The van der Waals surface area contributed by atoms with Gasteiger partial charge < -0.3 is 19.9 Å². The van der Waals surface area contributed by atoms with E-state index < -0.39 is 5.60 Å². The molecule has 2 N–H and O–H groups in total. The second-order valence-corrected chi connectivity index (χ2v) is 5.73. The van der Waals surface area contributed by atoms with Crippen molar-refractivity contribution < 1.29 is 14.6 Å². The zero-order valence-electron chi connectivity index (χ0n) is 11.0. The second kappa shape index (κ2) is 5.22. The lowest BCUT2D eigenvalue weighted by Gasteiger charge is -2.32. The highest BCUT2D eigenvalue weighted by Gasteiger charge is 2.41. The molecule has 0 aromatic carbocycles. The number of ether oxygens (including phenoxy) is 2. The SMILES string of the molecule is CCC(C)(O)COC1COC2(CCNCC2)C1. The molecule has 1 spiro atoms. The molecule has 0 radical (unpaired) electrons. The lowest BCUT2D eigenvalue weighted by atomic mass is 9.89. The van der Waals surface area contributed by atoms with Gasteiger partial charge in [0.1, 0.15) is 0 Å². The summed E-state index contributed by atoms with van der Waals surface area (Å²) in [6.07, 6.45) is 4.02. The van der Waals surface area contributed by atoms with E-state index in [4.69, 9.17) is 9.47 Å². The Kier molecular flexibility index (Phi) is 4.08. The van der Waals surface area contributed by atoms with Gasteiger partial charge in [0.05, 0.1) is 30.5 Å². The van der Waals surface area contributed by atoms with E-state index in [1.807, 2.05) is 13.8 Å². The Bertz CT molecular complexity index is 249. The lowest BCUT2D eigenvalue weighted by molar-refractivity contribution is -0.0662. The van der Waals surface area contributed by atoms with E-state index in [9.17, 15) is 5.11 Å². The maximum atomic E-state index is 9.91. The molecule has 0 amide bonds. The summed E-state index contributed by atoms with van der Waals surface area (Å²) in [4.78, 5) is 0. The number of aliphatic hydroxyl groups is 1. The highest BCUT2D eigenvalue weighted by atomic mass is 16.6.